The molecule has 1 aliphatic rings. The van der Waals surface area contributed by atoms with Crippen LogP contribution in [0, 0.1) is 0 Å². The highest BCUT2D eigenvalue weighted by molar-refractivity contribution is 9.10. The number of hydrogen-bond donors (Lipinski definition) is 1. The van der Waals surface area contributed by atoms with Gasteiger partial charge < -0.3 is 9.84 Å². The fourth-order valence-electron chi connectivity index (χ4n) is 2.04. The standard InChI is InChI=1S/C15H16BrNO4S/c1-4-8(2)17-14(19)12(22-15(17)20)6-9-5-10(16)7-11(21-3)13(9)18/h5-8,18H,4H2,1-3H3/b12-6-/t8-/m1/s1. The lowest BCUT2D eigenvalue weighted by atomic mass is 10.1. The summed E-state index contributed by atoms with van der Waals surface area (Å²) in [5.41, 5.74) is 0.417. The summed E-state index contributed by atoms with van der Waals surface area (Å²) >= 11 is 4.20. The Morgan fingerprint density at radius 1 is 1.45 bits per heavy atom. The van der Waals surface area contributed by atoms with Crippen molar-refractivity contribution in [3.05, 3.63) is 27.1 Å². The summed E-state index contributed by atoms with van der Waals surface area (Å²) in [6.45, 7) is 3.75. The summed E-state index contributed by atoms with van der Waals surface area (Å²) in [5, 5.41) is 9.85. The van der Waals surface area contributed by atoms with E-state index in [1.165, 1.54) is 18.1 Å². The molecule has 1 saturated heterocycles. The largest absolute Gasteiger partial charge is 0.504 e. The van der Waals surface area contributed by atoms with E-state index in [1.54, 1.807) is 12.1 Å². The number of imide groups is 1. The fourth-order valence-corrected chi connectivity index (χ4v) is 3.42. The molecule has 1 atom stereocenters. The molecule has 1 N–H and O–H groups in total. The van der Waals surface area contributed by atoms with Crippen molar-refractivity contribution in [2.24, 2.45) is 0 Å². The third-order valence-electron chi connectivity index (χ3n) is 3.43. The minimum absolute atomic E-state index is 0.0685. The fraction of sp³-hybridized carbons (Fsp3) is 0.333. The van der Waals surface area contributed by atoms with Gasteiger partial charge in [0.05, 0.1) is 12.0 Å². The molecular weight excluding hydrogens is 370 g/mol. The van der Waals surface area contributed by atoms with Gasteiger partial charge in [-0.2, -0.15) is 0 Å². The molecule has 7 heteroatoms. The van der Waals surface area contributed by atoms with Gasteiger partial charge in [-0.25, -0.2) is 0 Å². The lowest BCUT2D eigenvalue weighted by molar-refractivity contribution is -0.124. The quantitative estimate of drug-likeness (QED) is 0.793. The second-order valence-electron chi connectivity index (χ2n) is 4.85. The van der Waals surface area contributed by atoms with Crippen molar-refractivity contribution < 1.29 is 19.4 Å². The second kappa shape index (κ2) is 6.75. The zero-order valence-electron chi connectivity index (χ0n) is 12.4. The number of amides is 2. The van der Waals surface area contributed by atoms with Crippen LogP contribution in [0.2, 0.25) is 0 Å². The molecule has 1 aromatic carbocycles. The van der Waals surface area contributed by atoms with Crippen LogP contribution in [0.3, 0.4) is 0 Å². The summed E-state index contributed by atoms with van der Waals surface area (Å²) in [4.78, 5) is 25.9. The van der Waals surface area contributed by atoms with Crippen molar-refractivity contribution in [2.75, 3.05) is 7.11 Å². The maximum Gasteiger partial charge on any atom is 0.293 e. The van der Waals surface area contributed by atoms with Gasteiger partial charge in [-0.3, -0.25) is 14.5 Å². The minimum Gasteiger partial charge on any atom is -0.504 e. The Kier molecular flexibility index (Phi) is 5.18. The van der Waals surface area contributed by atoms with Gasteiger partial charge in [-0.05, 0) is 43.3 Å². The number of halogens is 1. The first-order valence-electron chi connectivity index (χ1n) is 6.72. The van der Waals surface area contributed by atoms with Crippen molar-refractivity contribution in [3.63, 3.8) is 0 Å². The van der Waals surface area contributed by atoms with Crippen LogP contribution in [0.5, 0.6) is 11.5 Å². The van der Waals surface area contributed by atoms with E-state index >= 15 is 0 Å². The average Bonchev–Trinajstić information content (AvgIpc) is 2.76. The average molecular weight is 386 g/mol. The summed E-state index contributed by atoms with van der Waals surface area (Å²) in [6, 6.07) is 3.14. The van der Waals surface area contributed by atoms with Crippen LogP contribution in [-0.4, -0.2) is 34.3 Å². The maximum absolute atomic E-state index is 12.4. The minimum atomic E-state index is -0.331. The molecule has 0 spiro atoms. The number of methoxy groups -OCH3 is 1. The van der Waals surface area contributed by atoms with Crippen LogP contribution in [0.25, 0.3) is 6.08 Å². The van der Waals surface area contributed by atoms with Crippen LogP contribution >= 0.6 is 27.7 Å². The number of benzene rings is 1. The van der Waals surface area contributed by atoms with E-state index in [0.29, 0.717) is 27.1 Å². The molecule has 2 amide bonds. The first kappa shape index (κ1) is 16.9. The van der Waals surface area contributed by atoms with Crippen molar-refractivity contribution in [1.29, 1.82) is 0 Å². The van der Waals surface area contributed by atoms with E-state index in [2.05, 4.69) is 15.9 Å². The topological polar surface area (TPSA) is 66.8 Å². The number of carbonyl (C=O) groups is 2. The van der Waals surface area contributed by atoms with E-state index in [1.807, 2.05) is 13.8 Å². The molecule has 0 unspecified atom stereocenters. The molecule has 1 fully saturated rings. The smallest absolute Gasteiger partial charge is 0.293 e. The second-order valence-corrected chi connectivity index (χ2v) is 6.76. The molecule has 5 nitrogen and oxygen atoms in total. The molecule has 1 aliphatic heterocycles. The number of rotatable bonds is 4. The lowest BCUT2D eigenvalue weighted by Crippen LogP contribution is -2.36. The highest BCUT2D eigenvalue weighted by Crippen LogP contribution is 2.39. The number of phenolic OH excluding ortho intramolecular Hbond substituents is 1. The molecule has 22 heavy (non-hydrogen) atoms. The number of carbonyl (C=O) groups excluding carboxylic acids is 2. The van der Waals surface area contributed by atoms with E-state index in [-0.39, 0.29) is 22.9 Å². The first-order chi connectivity index (χ1) is 10.4. The van der Waals surface area contributed by atoms with Gasteiger partial charge in [-0.1, -0.05) is 22.9 Å². The summed E-state index contributed by atoms with van der Waals surface area (Å²) in [6.07, 6.45) is 2.21. The number of thioether (sulfide) groups is 1. The van der Waals surface area contributed by atoms with E-state index < -0.39 is 0 Å². The van der Waals surface area contributed by atoms with Crippen LogP contribution in [0.1, 0.15) is 25.8 Å². The molecule has 2 rings (SSSR count). The highest BCUT2D eigenvalue weighted by atomic mass is 79.9. The number of aromatic hydroxyl groups is 1. The molecule has 0 radical (unpaired) electrons. The monoisotopic (exact) mass is 385 g/mol. The van der Waals surface area contributed by atoms with Crippen molar-refractivity contribution in [2.45, 2.75) is 26.3 Å². The molecular formula is C15H16BrNO4S. The number of nitrogens with zero attached hydrogens (tertiary/aromatic N) is 1. The zero-order chi connectivity index (χ0) is 16.4. The number of phenols is 1. The van der Waals surface area contributed by atoms with Gasteiger partial charge >= 0.3 is 0 Å². The third-order valence-corrected chi connectivity index (χ3v) is 4.77. The molecule has 118 valence electrons. The molecule has 1 aromatic rings. The zero-order valence-corrected chi connectivity index (χ0v) is 14.8. The molecule has 0 aliphatic carbocycles. The van der Waals surface area contributed by atoms with E-state index in [4.69, 9.17) is 4.74 Å². The van der Waals surface area contributed by atoms with Crippen LogP contribution in [-0.2, 0) is 4.79 Å². The van der Waals surface area contributed by atoms with E-state index in [0.717, 1.165) is 11.8 Å². The molecule has 0 bridgehead atoms. The van der Waals surface area contributed by atoms with Crippen LogP contribution in [0.15, 0.2) is 21.5 Å². The van der Waals surface area contributed by atoms with Gasteiger partial charge in [0.1, 0.15) is 0 Å². The summed E-state index contributed by atoms with van der Waals surface area (Å²) in [7, 11) is 1.45. The SMILES string of the molecule is CC[C@@H](C)N1C(=O)S/C(=C\c2cc(Br)cc(OC)c2O)C1=O. The van der Waals surface area contributed by atoms with Gasteiger partial charge in [0.15, 0.2) is 11.5 Å². The van der Waals surface area contributed by atoms with Gasteiger partial charge in [0.25, 0.3) is 11.1 Å². The lowest BCUT2D eigenvalue weighted by Gasteiger charge is -2.19. The first-order valence-corrected chi connectivity index (χ1v) is 8.33. The predicted octanol–water partition coefficient (Wildman–Crippen LogP) is 4.00. The molecule has 0 saturated carbocycles. The predicted molar refractivity (Wildman–Crippen MR) is 89.9 cm³/mol. The van der Waals surface area contributed by atoms with Gasteiger partial charge in [-0.15, -0.1) is 0 Å². The third kappa shape index (κ3) is 3.15. The Hall–Kier alpha value is -1.47. The van der Waals surface area contributed by atoms with Gasteiger partial charge in [0, 0.05) is 16.1 Å². The Bertz CT molecular complexity index is 659. The Balaban J connectivity index is 2.41. The Morgan fingerprint density at radius 2 is 2.14 bits per heavy atom. The van der Waals surface area contributed by atoms with Crippen LogP contribution in [0.4, 0.5) is 4.79 Å². The van der Waals surface area contributed by atoms with E-state index in [9.17, 15) is 14.7 Å². The maximum atomic E-state index is 12.4. The normalized spacial score (nSPS) is 18.2. The number of hydrogen-bond acceptors (Lipinski definition) is 5. The highest BCUT2D eigenvalue weighted by Gasteiger charge is 2.37. The summed E-state index contributed by atoms with van der Waals surface area (Å²) < 4.78 is 5.78. The van der Waals surface area contributed by atoms with Crippen molar-refractivity contribution in [1.82, 2.24) is 4.90 Å². The Morgan fingerprint density at radius 3 is 2.73 bits per heavy atom. The van der Waals surface area contributed by atoms with Gasteiger partial charge in [0.2, 0.25) is 0 Å². The molecule has 0 aromatic heterocycles. The number of ether oxygens (including phenoxy) is 1. The Labute approximate surface area is 141 Å². The summed E-state index contributed by atoms with van der Waals surface area (Å²) in [5.74, 6) is -0.106. The van der Waals surface area contributed by atoms with Crippen LogP contribution < -0.4 is 4.74 Å². The molecule has 1 heterocycles. The van der Waals surface area contributed by atoms with Crippen molar-refractivity contribution >= 4 is 44.9 Å². The van der Waals surface area contributed by atoms with Crippen molar-refractivity contribution in [3.8, 4) is 11.5 Å².